The Morgan fingerprint density at radius 2 is 1.77 bits per heavy atom. The van der Waals surface area contributed by atoms with Crippen molar-refractivity contribution in [2.24, 2.45) is 0 Å². The molecule has 0 amide bonds. The zero-order chi connectivity index (χ0) is 18.9. The molecule has 0 unspecified atom stereocenters. The number of hydrogen-bond acceptors (Lipinski definition) is 3. The highest BCUT2D eigenvalue weighted by atomic mass is 16.5. The highest BCUT2D eigenvalue weighted by molar-refractivity contribution is 5.82. The maximum Gasteiger partial charge on any atom is 0.124 e. The summed E-state index contributed by atoms with van der Waals surface area (Å²) < 4.78 is 6.07. The van der Waals surface area contributed by atoms with Gasteiger partial charge in [-0.1, -0.05) is 27.7 Å². The predicted molar refractivity (Wildman–Crippen MR) is 112 cm³/mol. The molecule has 1 aromatic heterocycles. The van der Waals surface area contributed by atoms with Crippen molar-refractivity contribution in [3.05, 3.63) is 35.0 Å². The Balaban J connectivity index is 0.00000117. The molecular weight excluding hydrogens is 320 g/mol. The lowest BCUT2D eigenvalue weighted by molar-refractivity contribution is 0.262. The zero-order valence-electron chi connectivity index (χ0n) is 17.4. The highest BCUT2D eigenvalue weighted by Gasteiger charge is 2.11. The van der Waals surface area contributed by atoms with Crippen LogP contribution in [0, 0.1) is 6.92 Å². The van der Waals surface area contributed by atoms with Gasteiger partial charge < -0.3 is 9.64 Å². The summed E-state index contributed by atoms with van der Waals surface area (Å²) in [6, 6.07) is 6.64. The number of rotatable bonds is 7. The van der Waals surface area contributed by atoms with Crippen molar-refractivity contribution in [3.8, 4) is 5.75 Å². The van der Waals surface area contributed by atoms with E-state index in [2.05, 4.69) is 43.9 Å². The van der Waals surface area contributed by atoms with Crippen LogP contribution in [0.3, 0.4) is 0 Å². The Morgan fingerprint density at radius 1 is 1.04 bits per heavy atom. The van der Waals surface area contributed by atoms with Gasteiger partial charge in [0.05, 0.1) is 12.1 Å². The first-order valence-corrected chi connectivity index (χ1v) is 10.5. The molecule has 0 spiro atoms. The second-order valence-electron chi connectivity index (χ2n) is 6.86. The molecule has 3 rings (SSSR count). The van der Waals surface area contributed by atoms with Crippen LogP contribution in [-0.2, 0) is 12.8 Å². The van der Waals surface area contributed by atoms with Gasteiger partial charge in [-0.3, -0.25) is 4.98 Å². The summed E-state index contributed by atoms with van der Waals surface area (Å²) in [5.74, 6) is 0.989. The molecule has 2 heterocycles. The fourth-order valence-corrected chi connectivity index (χ4v) is 3.64. The lowest BCUT2D eigenvalue weighted by Gasteiger charge is -2.16. The molecule has 1 fully saturated rings. The van der Waals surface area contributed by atoms with Crippen LogP contribution < -0.4 is 4.74 Å². The average Bonchev–Trinajstić information content (AvgIpc) is 3.19. The maximum atomic E-state index is 6.07. The Hall–Kier alpha value is -1.61. The maximum absolute atomic E-state index is 6.07. The smallest absolute Gasteiger partial charge is 0.124 e. The molecule has 3 nitrogen and oxygen atoms in total. The van der Waals surface area contributed by atoms with Gasteiger partial charge in [0.15, 0.2) is 0 Å². The summed E-state index contributed by atoms with van der Waals surface area (Å²) in [6.45, 7) is 15.0. The van der Waals surface area contributed by atoms with Crippen LogP contribution >= 0.6 is 0 Å². The summed E-state index contributed by atoms with van der Waals surface area (Å²) in [5.41, 5.74) is 4.85. The van der Waals surface area contributed by atoms with E-state index in [0.717, 1.165) is 43.7 Å². The summed E-state index contributed by atoms with van der Waals surface area (Å²) in [4.78, 5) is 7.41. The lowest BCUT2D eigenvalue weighted by atomic mass is 10.0. The molecule has 2 aromatic rings. The number of aromatic nitrogens is 1. The van der Waals surface area contributed by atoms with E-state index in [0.29, 0.717) is 0 Å². The van der Waals surface area contributed by atoms with Crippen molar-refractivity contribution in [1.29, 1.82) is 0 Å². The Morgan fingerprint density at radius 3 is 2.42 bits per heavy atom. The Labute approximate surface area is 159 Å². The molecule has 3 heteroatoms. The number of likely N-dealkylation sites (tertiary alicyclic amines) is 1. The number of benzene rings is 1. The predicted octanol–water partition coefficient (Wildman–Crippen LogP) is 5.56. The molecule has 0 atom stereocenters. The Bertz CT molecular complexity index is 690. The van der Waals surface area contributed by atoms with Gasteiger partial charge >= 0.3 is 0 Å². The molecule has 26 heavy (non-hydrogen) atoms. The monoisotopic (exact) mass is 356 g/mol. The van der Waals surface area contributed by atoms with E-state index in [4.69, 9.17) is 9.72 Å². The molecule has 0 N–H and O–H groups in total. The molecule has 1 aliphatic heterocycles. The molecule has 1 aliphatic rings. The van der Waals surface area contributed by atoms with E-state index in [1.165, 1.54) is 48.1 Å². The fourth-order valence-electron chi connectivity index (χ4n) is 3.64. The van der Waals surface area contributed by atoms with Crippen molar-refractivity contribution < 1.29 is 4.74 Å². The summed E-state index contributed by atoms with van der Waals surface area (Å²) in [7, 11) is 0. The number of hydrogen-bond donors (Lipinski definition) is 0. The minimum atomic E-state index is 0.788. The minimum absolute atomic E-state index is 0.788. The van der Waals surface area contributed by atoms with E-state index in [-0.39, 0.29) is 0 Å². The first kappa shape index (κ1) is 20.7. The summed E-state index contributed by atoms with van der Waals surface area (Å²) >= 11 is 0. The van der Waals surface area contributed by atoms with Crippen LogP contribution in [0.25, 0.3) is 10.9 Å². The third-order valence-electron chi connectivity index (χ3n) is 5.07. The van der Waals surface area contributed by atoms with E-state index < -0.39 is 0 Å². The van der Waals surface area contributed by atoms with Gasteiger partial charge in [0, 0.05) is 23.7 Å². The Kier molecular flexibility index (Phi) is 8.37. The van der Waals surface area contributed by atoms with Crippen LogP contribution in [0.1, 0.15) is 63.8 Å². The van der Waals surface area contributed by atoms with Crippen molar-refractivity contribution in [2.75, 3.05) is 26.2 Å². The molecule has 0 radical (unpaired) electrons. The van der Waals surface area contributed by atoms with Crippen LogP contribution in [0.2, 0.25) is 0 Å². The topological polar surface area (TPSA) is 25.4 Å². The second-order valence-corrected chi connectivity index (χ2v) is 6.86. The van der Waals surface area contributed by atoms with Crippen LogP contribution in [0.15, 0.2) is 18.2 Å². The number of ether oxygens (including phenoxy) is 1. The normalized spacial score (nSPS) is 14.3. The molecular formula is C23H36N2O. The van der Waals surface area contributed by atoms with Gasteiger partial charge in [-0.2, -0.15) is 0 Å². The average molecular weight is 357 g/mol. The van der Waals surface area contributed by atoms with E-state index >= 15 is 0 Å². The number of pyridine rings is 1. The van der Waals surface area contributed by atoms with Crippen LogP contribution in [0.4, 0.5) is 0 Å². The first-order valence-electron chi connectivity index (χ1n) is 10.5. The highest BCUT2D eigenvalue weighted by Crippen LogP contribution is 2.26. The van der Waals surface area contributed by atoms with Gasteiger partial charge in [0.2, 0.25) is 0 Å². The minimum Gasteiger partial charge on any atom is -0.493 e. The molecule has 0 saturated carbocycles. The summed E-state index contributed by atoms with van der Waals surface area (Å²) in [5, 5.41) is 1.23. The summed E-state index contributed by atoms with van der Waals surface area (Å²) in [6.07, 6.45) is 5.84. The standard InChI is InChI=1S/C21H30N2O.C2H6/c1-4-17-14-18-13-16(3)21(15-20(18)22-19(17)5-2)24-12-8-11-23-9-6-7-10-23;1-2/h13-15H,4-12H2,1-3H3;1-2H3. The van der Waals surface area contributed by atoms with Gasteiger partial charge in [-0.15, -0.1) is 0 Å². The number of aryl methyl sites for hydroxylation is 3. The van der Waals surface area contributed by atoms with E-state index in [9.17, 15) is 0 Å². The van der Waals surface area contributed by atoms with Crippen molar-refractivity contribution in [3.63, 3.8) is 0 Å². The van der Waals surface area contributed by atoms with E-state index in [1.807, 2.05) is 13.8 Å². The van der Waals surface area contributed by atoms with Crippen molar-refractivity contribution >= 4 is 10.9 Å². The molecule has 1 aromatic carbocycles. The van der Waals surface area contributed by atoms with Gasteiger partial charge in [-0.25, -0.2) is 0 Å². The van der Waals surface area contributed by atoms with Gasteiger partial charge in [0.25, 0.3) is 0 Å². The molecule has 0 bridgehead atoms. The molecule has 1 saturated heterocycles. The SMILES string of the molecule is CC.CCc1cc2cc(C)c(OCCCN3CCCC3)cc2nc1CC. The van der Waals surface area contributed by atoms with Crippen molar-refractivity contribution in [1.82, 2.24) is 9.88 Å². The third kappa shape index (κ3) is 5.20. The largest absolute Gasteiger partial charge is 0.493 e. The number of fused-ring (bicyclic) bond motifs is 1. The first-order chi connectivity index (χ1) is 12.7. The van der Waals surface area contributed by atoms with E-state index in [1.54, 1.807) is 0 Å². The second kappa shape index (κ2) is 10.5. The van der Waals surface area contributed by atoms with Gasteiger partial charge in [-0.05, 0) is 75.4 Å². The lowest BCUT2D eigenvalue weighted by Crippen LogP contribution is -2.21. The quantitative estimate of drug-likeness (QED) is 0.607. The number of nitrogens with zero attached hydrogens (tertiary/aromatic N) is 2. The van der Waals surface area contributed by atoms with Gasteiger partial charge in [0.1, 0.15) is 5.75 Å². The zero-order valence-corrected chi connectivity index (χ0v) is 17.4. The van der Waals surface area contributed by atoms with Crippen LogP contribution in [0.5, 0.6) is 5.75 Å². The third-order valence-corrected chi connectivity index (χ3v) is 5.07. The molecule has 144 valence electrons. The fraction of sp³-hybridized carbons (Fsp3) is 0.609. The van der Waals surface area contributed by atoms with Crippen molar-refractivity contribution in [2.45, 2.75) is 66.7 Å². The van der Waals surface area contributed by atoms with Crippen LogP contribution in [-0.4, -0.2) is 36.1 Å². The molecule has 0 aliphatic carbocycles.